The molecular formula is C29H27F3N6O2. The molecule has 0 radical (unpaired) electrons. The van der Waals surface area contributed by atoms with Crippen LogP contribution in [0.4, 0.5) is 35.2 Å². The molecular weight excluding hydrogens is 521 g/mol. The number of hydrogen-bond acceptors (Lipinski definition) is 6. The molecule has 0 saturated carbocycles. The molecule has 2 bridgehead atoms. The van der Waals surface area contributed by atoms with E-state index in [2.05, 4.69) is 15.2 Å². The van der Waals surface area contributed by atoms with E-state index >= 15 is 0 Å². The summed E-state index contributed by atoms with van der Waals surface area (Å²) >= 11 is 0. The van der Waals surface area contributed by atoms with Crippen molar-refractivity contribution in [2.24, 2.45) is 5.73 Å². The number of amides is 2. The van der Waals surface area contributed by atoms with Crippen LogP contribution in [0.15, 0.2) is 71.6 Å². The zero-order valence-corrected chi connectivity index (χ0v) is 21.5. The maximum atomic E-state index is 13.8. The predicted octanol–water partition coefficient (Wildman–Crippen LogP) is 5.94. The molecule has 1 fully saturated rings. The number of carbonyl (C=O) groups excluding carboxylic acids is 1. The quantitative estimate of drug-likeness (QED) is 0.309. The lowest BCUT2D eigenvalue weighted by Gasteiger charge is -2.36. The fourth-order valence-corrected chi connectivity index (χ4v) is 5.41. The minimum Gasteiger partial charge on any atom is -0.444 e. The van der Waals surface area contributed by atoms with Crippen LogP contribution in [0.3, 0.4) is 0 Å². The van der Waals surface area contributed by atoms with E-state index in [-0.39, 0.29) is 12.1 Å². The summed E-state index contributed by atoms with van der Waals surface area (Å²) in [6.07, 6.45) is 0.822. The molecule has 4 aromatic rings. The minimum atomic E-state index is -4.47. The van der Waals surface area contributed by atoms with Gasteiger partial charge in [-0.2, -0.15) is 13.2 Å². The second kappa shape index (κ2) is 10.3. The molecule has 0 aliphatic carbocycles. The van der Waals surface area contributed by atoms with Crippen LogP contribution in [0.1, 0.15) is 24.0 Å². The number of alkyl halides is 3. The Morgan fingerprint density at radius 2 is 2.02 bits per heavy atom. The summed E-state index contributed by atoms with van der Waals surface area (Å²) in [6.45, 7) is 1.97. The molecule has 2 aromatic heterocycles. The molecule has 206 valence electrons. The van der Waals surface area contributed by atoms with Crippen LogP contribution < -0.4 is 20.9 Å². The zero-order chi connectivity index (χ0) is 27.9. The molecule has 2 aliphatic heterocycles. The van der Waals surface area contributed by atoms with Crippen molar-refractivity contribution in [3.8, 4) is 22.6 Å². The number of fused-ring (bicyclic) bond motifs is 4. The van der Waals surface area contributed by atoms with E-state index in [1.807, 2.05) is 24.3 Å². The van der Waals surface area contributed by atoms with E-state index < -0.39 is 11.7 Å². The van der Waals surface area contributed by atoms with E-state index in [0.717, 1.165) is 54.8 Å². The normalized spacial score (nSPS) is 16.2. The lowest BCUT2D eigenvalue weighted by molar-refractivity contribution is -0.137. The minimum absolute atomic E-state index is 0.116. The first-order valence-corrected chi connectivity index (χ1v) is 13.1. The maximum Gasteiger partial charge on any atom is 0.416 e. The number of oxazole rings is 1. The number of nitrogens with zero attached hydrogens (tertiary/aromatic N) is 4. The number of pyridine rings is 1. The number of hydrogen-bond donors (Lipinski definition) is 2. The van der Waals surface area contributed by atoms with Crippen molar-refractivity contribution in [3.05, 3.63) is 78.3 Å². The molecule has 8 nitrogen and oxygen atoms in total. The molecule has 3 N–H and O–H groups in total. The van der Waals surface area contributed by atoms with E-state index in [9.17, 15) is 18.0 Å². The van der Waals surface area contributed by atoms with Crippen LogP contribution >= 0.6 is 0 Å². The fourth-order valence-electron chi connectivity index (χ4n) is 5.41. The van der Waals surface area contributed by atoms with Gasteiger partial charge in [0.1, 0.15) is 0 Å². The zero-order valence-electron chi connectivity index (χ0n) is 21.5. The van der Waals surface area contributed by atoms with E-state index in [1.165, 1.54) is 12.5 Å². The third-order valence-corrected chi connectivity index (χ3v) is 7.37. The van der Waals surface area contributed by atoms with Gasteiger partial charge in [0.05, 0.1) is 29.2 Å². The average molecular weight is 549 g/mol. The highest BCUT2D eigenvalue weighted by molar-refractivity contribution is 6.05. The van der Waals surface area contributed by atoms with Crippen LogP contribution in [-0.4, -0.2) is 41.7 Å². The van der Waals surface area contributed by atoms with Crippen molar-refractivity contribution in [2.45, 2.75) is 31.5 Å². The van der Waals surface area contributed by atoms with Crippen LogP contribution in [-0.2, 0) is 12.6 Å². The van der Waals surface area contributed by atoms with Crippen molar-refractivity contribution in [3.63, 3.8) is 0 Å². The van der Waals surface area contributed by atoms with Crippen LogP contribution in [0.25, 0.3) is 22.6 Å². The van der Waals surface area contributed by atoms with E-state index in [0.29, 0.717) is 41.6 Å². The van der Waals surface area contributed by atoms with Gasteiger partial charge in [-0.15, -0.1) is 0 Å². The van der Waals surface area contributed by atoms with Crippen molar-refractivity contribution in [1.29, 1.82) is 0 Å². The molecule has 2 aromatic carbocycles. The van der Waals surface area contributed by atoms with Gasteiger partial charge >= 0.3 is 12.2 Å². The first kappa shape index (κ1) is 25.9. The van der Waals surface area contributed by atoms with Crippen molar-refractivity contribution >= 4 is 23.2 Å². The fraction of sp³-hybridized carbons (Fsp3) is 0.276. The Hall–Kier alpha value is -4.38. The molecule has 0 spiro atoms. The highest BCUT2D eigenvalue weighted by Crippen LogP contribution is 2.41. The molecule has 1 saturated heterocycles. The molecule has 2 amide bonds. The molecule has 11 heteroatoms. The van der Waals surface area contributed by atoms with Gasteiger partial charge in [0.2, 0.25) is 0 Å². The SMILES string of the molecule is NCCCc1ccc(NC(=O)N2c3nc(-c4cccc(C(F)(F)F)c4)ccc3N3CC[C@@H]2C3)cc1-c1cnco1. The standard InChI is InChI=1S/C29H27F3N6O2/c30-29(31,32)20-5-1-3-19(13-20)24-8-9-25-27(36-24)38(22-10-12-37(25)16-22)28(39)35-21-7-6-18(4-2-11-33)23(14-21)26-15-34-17-40-26/h1,3,5-9,13-15,17,22H,2,4,10-12,16,33H2,(H,35,39)/t22-/m1/s1. The summed E-state index contributed by atoms with van der Waals surface area (Å²) in [6, 6.07) is 13.7. The topological polar surface area (TPSA) is 101 Å². The van der Waals surface area contributed by atoms with Gasteiger partial charge < -0.3 is 20.4 Å². The summed E-state index contributed by atoms with van der Waals surface area (Å²) in [7, 11) is 0. The summed E-state index contributed by atoms with van der Waals surface area (Å²) in [5.41, 5.74) is 8.85. The Morgan fingerprint density at radius 1 is 1.15 bits per heavy atom. The lowest BCUT2D eigenvalue weighted by atomic mass is 10.0. The molecule has 40 heavy (non-hydrogen) atoms. The number of urea groups is 1. The third-order valence-electron chi connectivity index (χ3n) is 7.37. The number of aryl methyl sites for hydroxylation is 1. The number of rotatable bonds is 6. The lowest BCUT2D eigenvalue weighted by Crippen LogP contribution is -2.48. The second-order valence-corrected chi connectivity index (χ2v) is 9.94. The Morgan fingerprint density at radius 3 is 2.80 bits per heavy atom. The number of anilines is 3. The van der Waals surface area contributed by atoms with Gasteiger partial charge in [0.25, 0.3) is 0 Å². The van der Waals surface area contributed by atoms with Gasteiger partial charge in [0, 0.05) is 29.9 Å². The number of nitrogens with one attached hydrogen (secondary N) is 1. The molecule has 2 aliphatic rings. The molecule has 0 unspecified atom stereocenters. The Balaban J connectivity index is 1.33. The second-order valence-electron chi connectivity index (χ2n) is 9.94. The van der Waals surface area contributed by atoms with Crippen LogP contribution in [0.2, 0.25) is 0 Å². The number of benzene rings is 2. The highest BCUT2D eigenvalue weighted by atomic mass is 19.4. The Kier molecular flexibility index (Phi) is 6.67. The Labute approximate surface area is 228 Å². The smallest absolute Gasteiger partial charge is 0.416 e. The summed E-state index contributed by atoms with van der Waals surface area (Å²) in [5, 5.41) is 3.00. The van der Waals surface area contributed by atoms with Crippen molar-refractivity contribution in [2.75, 3.05) is 34.8 Å². The molecule has 1 atom stereocenters. The van der Waals surface area contributed by atoms with Crippen LogP contribution in [0.5, 0.6) is 0 Å². The number of halogens is 3. The van der Waals surface area contributed by atoms with Gasteiger partial charge in [-0.1, -0.05) is 18.2 Å². The average Bonchev–Trinajstić information content (AvgIpc) is 3.63. The molecule has 4 heterocycles. The Bertz CT molecular complexity index is 1540. The molecule has 6 rings (SSSR count). The highest BCUT2D eigenvalue weighted by Gasteiger charge is 2.40. The van der Waals surface area contributed by atoms with E-state index in [1.54, 1.807) is 23.2 Å². The summed E-state index contributed by atoms with van der Waals surface area (Å²) in [4.78, 5) is 26.3. The van der Waals surface area contributed by atoms with E-state index in [4.69, 9.17) is 15.1 Å². The summed E-state index contributed by atoms with van der Waals surface area (Å²) < 4.78 is 45.6. The van der Waals surface area contributed by atoms with Crippen LogP contribution in [0, 0.1) is 0 Å². The van der Waals surface area contributed by atoms with Crippen molar-refractivity contribution < 1.29 is 22.4 Å². The number of aromatic nitrogens is 2. The monoisotopic (exact) mass is 548 g/mol. The van der Waals surface area contributed by atoms with Gasteiger partial charge in [0.15, 0.2) is 18.0 Å². The largest absolute Gasteiger partial charge is 0.444 e. The summed E-state index contributed by atoms with van der Waals surface area (Å²) in [5.74, 6) is 1.02. The third kappa shape index (κ3) is 4.88. The first-order chi connectivity index (χ1) is 19.3. The number of carbonyl (C=O) groups is 1. The van der Waals surface area contributed by atoms with Gasteiger partial charge in [-0.3, -0.25) is 4.90 Å². The van der Waals surface area contributed by atoms with Gasteiger partial charge in [-0.05, 0) is 67.8 Å². The van der Waals surface area contributed by atoms with Gasteiger partial charge in [-0.25, -0.2) is 14.8 Å². The maximum absolute atomic E-state index is 13.8. The predicted molar refractivity (Wildman–Crippen MR) is 146 cm³/mol. The van der Waals surface area contributed by atoms with Crippen molar-refractivity contribution in [1.82, 2.24) is 9.97 Å². The first-order valence-electron chi connectivity index (χ1n) is 13.1. The number of nitrogens with two attached hydrogens (primary N) is 1.